The van der Waals surface area contributed by atoms with E-state index in [9.17, 15) is 10.1 Å². The molecule has 0 bridgehead atoms. The van der Waals surface area contributed by atoms with E-state index in [4.69, 9.17) is 16.3 Å². The maximum absolute atomic E-state index is 12.5. The van der Waals surface area contributed by atoms with Gasteiger partial charge in [-0.2, -0.15) is 15.3 Å². The molecule has 0 aliphatic carbocycles. The van der Waals surface area contributed by atoms with Gasteiger partial charge in [0.1, 0.15) is 17.6 Å². The highest BCUT2D eigenvalue weighted by molar-refractivity contribution is 7.98. The van der Waals surface area contributed by atoms with Crippen molar-refractivity contribution < 1.29 is 4.74 Å². The standard InChI is InChI=1S/C25H22ClN5O2S/c1-16-8-21(5-6-22(16)26)33-23-7-4-17(9-19(23)11-27)15-34-25-29-24(32)20(14-30(25)2)10-18-12-28-31(3)13-18/h4-9,12-14H,10,15H2,1-3H3. The summed E-state index contributed by atoms with van der Waals surface area (Å²) in [5, 5.41) is 15.0. The number of hydrogen-bond acceptors (Lipinski definition) is 6. The molecule has 0 aliphatic rings. The van der Waals surface area contributed by atoms with Crippen LogP contribution in [0.1, 0.15) is 27.8 Å². The zero-order valence-corrected chi connectivity index (χ0v) is 20.5. The Morgan fingerprint density at radius 3 is 2.68 bits per heavy atom. The molecule has 0 N–H and O–H groups in total. The third-order valence-corrected chi connectivity index (χ3v) is 6.70. The molecule has 4 rings (SSSR count). The highest BCUT2D eigenvalue weighted by Crippen LogP contribution is 2.30. The first kappa shape index (κ1) is 23.6. The molecule has 2 aromatic carbocycles. The second kappa shape index (κ2) is 10.2. The van der Waals surface area contributed by atoms with Crippen LogP contribution in [0.15, 0.2) is 64.9 Å². The number of hydrogen-bond donors (Lipinski definition) is 0. The van der Waals surface area contributed by atoms with Crippen molar-refractivity contribution in [1.82, 2.24) is 19.3 Å². The second-order valence-corrected chi connectivity index (χ2v) is 9.26. The first-order chi connectivity index (χ1) is 16.3. The zero-order valence-electron chi connectivity index (χ0n) is 18.9. The summed E-state index contributed by atoms with van der Waals surface area (Å²) in [4.78, 5) is 16.8. The van der Waals surface area contributed by atoms with Gasteiger partial charge in [0, 0.05) is 49.2 Å². The molecule has 0 radical (unpaired) electrons. The Bertz CT molecular complexity index is 1450. The van der Waals surface area contributed by atoms with Gasteiger partial charge < -0.3 is 9.30 Å². The minimum atomic E-state index is -0.246. The molecule has 4 aromatic rings. The van der Waals surface area contributed by atoms with Gasteiger partial charge in [0.2, 0.25) is 0 Å². The van der Waals surface area contributed by atoms with Crippen molar-refractivity contribution >= 4 is 23.4 Å². The van der Waals surface area contributed by atoms with Crippen molar-refractivity contribution in [3.63, 3.8) is 0 Å². The quantitative estimate of drug-likeness (QED) is 0.266. The fraction of sp³-hybridized carbons (Fsp3) is 0.200. The van der Waals surface area contributed by atoms with E-state index in [0.29, 0.717) is 45.0 Å². The molecule has 2 heterocycles. The van der Waals surface area contributed by atoms with Gasteiger partial charge in [-0.15, -0.1) is 0 Å². The van der Waals surface area contributed by atoms with E-state index in [1.807, 2.05) is 50.1 Å². The van der Waals surface area contributed by atoms with Gasteiger partial charge in [0.05, 0.1) is 11.8 Å². The lowest BCUT2D eigenvalue weighted by Crippen LogP contribution is -2.18. The van der Waals surface area contributed by atoms with Crippen molar-refractivity contribution in [1.29, 1.82) is 5.26 Å². The third kappa shape index (κ3) is 5.50. The van der Waals surface area contributed by atoms with Gasteiger partial charge in [-0.05, 0) is 53.9 Å². The molecule has 0 fully saturated rings. The van der Waals surface area contributed by atoms with E-state index >= 15 is 0 Å². The minimum Gasteiger partial charge on any atom is -0.456 e. The molecule has 0 saturated heterocycles. The van der Waals surface area contributed by atoms with Crippen LogP contribution in [-0.4, -0.2) is 19.3 Å². The molecule has 0 saturated carbocycles. The first-order valence-corrected chi connectivity index (χ1v) is 11.8. The fourth-order valence-corrected chi connectivity index (χ4v) is 4.42. The minimum absolute atomic E-state index is 0.246. The average Bonchev–Trinajstić information content (AvgIpc) is 3.22. The van der Waals surface area contributed by atoms with E-state index in [2.05, 4.69) is 16.2 Å². The van der Waals surface area contributed by atoms with Crippen molar-refractivity contribution in [2.45, 2.75) is 24.3 Å². The number of ether oxygens (including phenoxy) is 1. The number of thioether (sulfide) groups is 1. The molecule has 0 aliphatic heterocycles. The average molecular weight is 492 g/mol. The van der Waals surface area contributed by atoms with Gasteiger partial charge >= 0.3 is 0 Å². The van der Waals surface area contributed by atoms with Gasteiger partial charge in [0.25, 0.3) is 5.56 Å². The number of nitriles is 1. The zero-order chi connectivity index (χ0) is 24.2. The van der Waals surface area contributed by atoms with Crippen LogP contribution in [0.2, 0.25) is 5.02 Å². The highest BCUT2D eigenvalue weighted by Gasteiger charge is 2.11. The van der Waals surface area contributed by atoms with Crippen molar-refractivity contribution in [2.75, 3.05) is 0 Å². The summed E-state index contributed by atoms with van der Waals surface area (Å²) in [6.45, 7) is 1.90. The lowest BCUT2D eigenvalue weighted by molar-refractivity contribution is 0.480. The number of halogens is 1. The Morgan fingerprint density at radius 2 is 1.97 bits per heavy atom. The van der Waals surface area contributed by atoms with Gasteiger partial charge in [-0.25, -0.2) is 0 Å². The van der Waals surface area contributed by atoms with Gasteiger partial charge in [0.15, 0.2) is 5.16 Å². The number of aromatic nitrogens is 4. The third-order valence-electron chi connectivity index (χ3n) is 5.17. The molecular weight excluding hydrogens is 470 g/mol. The fourth-order valence-electron chi connectivity index (χ4n) is 3.42. The number of rotatable bonds is 7. The molecule has 34 heavy (non-hydrogen) atoms. The summed E-state index contributed by atoms with van der Waals surface area (Å²) in [5.41, 5.74) is 3.58. The van der Waals surface area contributed by atoms with Crippen LogP contribution in [0, 0.1) is 18.3 Å². The highest BCUT2D eigenvalue weighted by atomic mass is 35.5. The van der Waals surface area contributed by atoms with Crippen molar-refractivity contribution in [3.05, 3.63) is 98.2 Å². The normalized spacial score (nSPS) is 10.8. The van der Waals surface area contributed by atoms with Crippen LogP contribution in [0.25, 0.3) is 0 Å². The van der Waals surface area contributed by atoms with E-state index in [0.717, 1.165) is 16.7 Å². The predicted octanol–water partition coefficient (Wildman–Crippen LogP) is 5.02. The summed E-state index contributed by atoms with van der Waals surface area (Å²) in [6.07, 6.45) is 5.93. The maximum atomic E-state index is 12.5. The van der Waals surface area contributed by atoms with E-state index in [-0.39, 0.29) is 5.56 Å². The maximum Gasteiger partial charge on any atom is 0.277 e. The number of benzene rings is 2. The van der Waals surface area contributed by atoms with E-state index in [1.54, 1.807) is 35.1 Å². The summed E-state index contributed by atoms with van der Waals surface area (Å²) in [5.74, 6) is 1.64. The monoisotopic (exact) mass is 491 g/mol. The molecule has 0 unspecified atom stereocenters. The van der Waals surface area contributed by atoms with Crippen LogP contribution in [0.4, 0.5) is 0 Å². The topological polar surface area (TPSA) is 85.7 Å². The molecule has 7 nitrogen and oxygen atoms in total. The molecule has 0 atom stereocenters. The second-order valence-electron chi connectivity index (χ2n) is 7.91. The molecular formula is C25H22ClN5O2S. The lowest BCUT2D eigenvalue weighted by Gasteiger charge is -2.11. The Morgan fingerprint density at radius 1 is 1.15 bits per heavy atom. The smallest absolute Gasteiger partial charge is 0.277 e. The largest absolute Gasteiger partial charge is 0.456 e. The van der Waals surface area contributed by atoms with E-state index in [1.165, 1.54) is 11.8 Å². The van der Waals surface area contributed by atoms with Crippen molar-refractivity contribution in [2.24, 2.45) is 14.1 Å². The summed E-state index contributed by atoms with van der Waals surface area (Å²) in [6, 6.07) is 13.0. The molecule has 0 amide bonds. The first-order valence-electron chi connectivity index (χ1n) is 10.5. The Kier molecular flexibility index (Phi) is 7.06. The number of aryl methyl sites for hydroxylation is 3. The summed E-state index contributed by atoms with van der Waals surface area (Å²) in [7, 11) is 3.71. The molecule has 172 valence electrons. The SMILES string of the molecule is Cc1cc(Oc2ccc(CSc3nc(=O)c(Cc4cnn(C)c4)cn3C)cc2C#N)ccc1Cl. The summed E-state index contributed by atoms with van der Waals surface area (Å²) < 4.78 is 9.46. The Hall–Kier alpha value is -3.54. The van der Waals surface area contributed by atoms with Crippen LogP contribution < -0.4 is 10.3 Å². The molecule has 0 spiro atoms. The number of nitrogens with zero attached hydrogens (tertiary/aromatic N) is 5. The van der Waals surface area contributed by atoms with Crippen LogP contribution in [0.3, 0.4) is 0 Å². The molecule has 2 aromatic heterocycles. The van der Waals surface area contributed by atoms with Gasteiger partial charge in [-0.1, -0.05) is 29.4 Å². The molecule has 9 heteroatoms. The van der Waals surface area contributed by atoms with Crippen LogP contribution in [0.5, 0.6) is 11.5 Å². The van der Waals surface area contributed by atoms with Crippen LogP contribution in [-0.2, 0) is 26.3 Å². The Balaban J connectivity index is 1.46. The van der Waals surface area contributed by atoms with Crippen molar-refractivity contribution in [3.8, 4) is 17.6 Å². The predicted molar refractivity (Wildman–Crippen MR) is 132 cm³/mol. The summed E-state index contributed by atoms with van der Waals surface area (Å²) >= 11 is 7.51. The lowest BCUT2D eigenvalue weighted by atomic mass is 10.1. The van der Waals surface area contributed by atoms with Gasteiger partial charge in [-0.3, -0.25) is 9.48 Å². The van der Waals surface area contributed by atoms with Crippen LogP contribution >= 0.6 is 23.4 Å². The van der Waals surface area contributed by atoms with E-state index < -0.39 is 0 Å². The Labute approximate surface area is 206 Å².